The van der Waals surface area contributed by atoms with Crippen molar-refractivity contribution < 1.29 is 8.42 Å². The lowest BCUT2D eigenvalue weighted by Gasteiger charge is -2.08. The quantitative estimate of drug-likeness (QED) is 0.439. The fraction of sp³-hybridized carbons (Fsp3) is 0. The van der Waals surface area contributed by atoms with Crippen molar-refractivity contribution in [3.8, 4) is 11.3 Å². The van der Waals surface area contributed by atoms with Gasteiger partial charge in [-0.1, -0.05) is 53.7 Å². The van der Waals surface area contributed by atoms with Crippen molar-refractivity contribution in [2.45, 2.75) is 14.7 Å². The molecular formula is C21H14ClNO2S2. The summed E-state index contributed by atoms with van der Waals surface area (Å²) in [6.45, 7) is 0. The Kier molecular flexibility index (Phi) is 5.16. The smallest absolute Gasteiger partial charge is 0.168 e. The van der Waals surface area contributed by atoms with Crippen molar-refractivity contribution in [1.29, 1.82) is 0 Å². The molecule has 0 spiro atoms. The normalized spacial score (nSPS) is 11.2. The van der Waals surface area contributed by atoms with E-state index in [-0.39, 0.29) is 4.90 Å². The number of benzene rings is 3. The topological polar surface area (TPSA) is 47.0 Å². The molecule has 27 heavy (non-hydrogen) atoms. The highest BCUT2D eigenvalue weighted by molar-refractivity contribution is 7.99. The van der Waals surface area contributed by atoms with E-state index < -0.39 is 10.7 Å². The van der Waals surface area contributed by atoms with Crippen LogP contribution in [0.5, 0.6) is 0 Å². The Morgan fingerprint density at radius 2 is 1.59 bits per heavy atom. The van der Waals surface area contributed by atoms with Gasteiger partial charge in [-0.05, 0) is 48.5 Å². The zero-order chi connectivity index (χ0) is 18.8. The van der Waals surface area contributed by atoms with Crippen LogP contribution in [-0.4, -0.2) is 13.4 Å². The molecule has 4 aromatic rings. The van der Waals surface area contributed by atoms with Crippen molar-refractivity contribution in [2.24, 2.45) is 0 Å². The second kappa shape index (κ2) is 7.72. The Bertz CT molecular complexity index is 1200. The molecule has 0 bridgehead atoms. The molecule has 0 unspecified atom stereocenters. The molecule has 4 rings (SSSR count). The first kappa shape index (κ1) is 18.0. The summed E-state index contributed by atoms with van der Waals surface area (Å²) in [4.78, 5) is 7.17. The van der Waals surface area contributed by atoms with Crippen LogP contribution in [-0.2, 0) is 10.7 Å². The number of hydrogen-bond acceptors (Lipinski definition) is 4. The van der Waals surface area contributed by atoms with Gasteiger partial charge in [0, 0.05) is 20.7 Å². The van der Waals surface area contributed by atoms with Crippen LogP contribution in [0.1, 0.15) is 0 Å². The van der Waals surface area contributed by atoms with Gasteiger partial charge in [0.05, 0.1) is 21.1 Å². The largest absolute Gasteiger partial charge is 0.248 e. The van der Waals surface area contributed by atoms with Crippen LogP contribution in [0.3, 0.4) is 0 Å². The minimum absolute atomic E-state index is 0.232. The molecule has 0 radical (unpaired) electrons. The Balaban J connectivity index is 1.74. The van der Waals surface area contributed by atoms with Crippen LogP contribution in [0, 0.1) is 0 Å². The molecule has 0 aliphatic rings. The van der Waals surface area contributed by atoms with E-state index in [9.17, 15) is 8.42 Å². The van der Waals surface area contributed by atoms with E-state index in [4.69, 9.17) is 11.6 Å². The second-order valence-corrected chi connectivity index (χ2v) is 8.48. The molecular weight excluding hydrogens is 398 g/mol. The number of pyridine rings is 1. The van der Waals surface area contributed by atoms with Gasteiger partial charge in [-0.2, -0.15) is 0 Å². The maximum Gasteiger partial charge on any atom is 0.168 e. The van der Waals surface area contributed by atoms with Gasteiger partial charge in [0.1, 0.15) is 0 Å². The van der Waals surface area contributed by atoms with Crippen molar-refractivity contribution in [3.63, 3.8) is 0 Å². The standard InChI is InChI=1S/C21H14ClNO2S2/c22-19-13-21(23-20-10-9-17(27(24)25)12-18(19)20)14-5-4-8-16(11-14)26-15-6-2-1-3-7-15/h1-13,27H. The first-order chi connectivity index (χ1) is 13.1. The zero-order valence-electron chi connectivity index (χ0n) is 14.0. The predicted octanol–water partition coefficient (Wildman–Crippen LogP) is 5.68. The first-order valence-corrected chi connectivity index (χ1v) is 10.6. The van der Waals surface area contributed by atoms with Gasteiger partial charge in [-0.15, -0.1) is 0 Å². The highest BCUT2D eigenvalue weighted by atomic mass is 35.5. The number of rotatable bonds is 4. The molecule has 1 aromatic heterocycles. The summed E-state index contributed by atoms with van der Waals surface area (Å²) in [6, 6.07) is 24.8. The summed E-state index contributed by atoms with van der Waals surface area (Å²) in [5.74, 6) is 0. The Hall–Kier alpha value is -2.34. The summed E-state index contributed by atoms with van der Waals surface area (Å²) < 4.78 is 22.4. The third kappa shape index (κ3) is 4.00. The molecule has 0 saturated carbocycles. The number of hydrogen-bond donors (Lipinski definition) is 1. The lowest BCUT2D eigenvalue weighted by atomic mass is 10.1. The van der Waals surface area contributed by atoms with E-state index in [1.807, 2.05) is 30.3 Å². The van der Waals surface area contributed by atoms with Crippen molar-refractivity contribution in [3.05, 3.63) is 83.9 Å². The van der Waals surface area contributed by atoms with Crippen LogP contribution >= 0.6 is 23.4 Å². The summed E-state index contributed by atoms with van der Waals surface area (Å²) >= 11 is 8.10. The zero-order valence-corrected chi connectivity index (χ0v) is 16.5. The van der Waals surface area contributed by atoms with Crippen molar-refractivity contribution in [1.82, 2.24) is 4.98 Å². The van der Waals surface area contributed by atoms with E-state index in [1.165, 1.54) is 4.90 Å². The fourth-order valence-electron chi connectivity index (χ4n) is 2.78. The minimum Gasteiger partial charge on any atom is -0.248 e. The van der Waals surface area contributed by atoms with Gasteiger partial charge in [-0.3, -0.25) is 0 Å². The van der Waals surface area contributed by atoms with Crippen LogP contribution in [0.4, 0.5) is 0 Å². The Labute approximate surface area is 168 Å². The molecule has 0 saturated heterocycles. The minimum atomic E-state index is -2.65. The summed E-state index contributed by atoms with van der Waals surface area (Å²) in [7, 11) is -2.65. The average Bonchev–Trinajstić information content (AvgIpc) is 2.68. The van der Waals surface area contributed by atoms with E-state index in [1.54, 1.807) is 36.0 Å². The maximum absolute atomic E-state index is 11.2. The summed E-state index contributed by atoms with van der Waals surface area (Å²) in [5, 5.41) is 1.11. The average molecular weight is 412 g/mol. The second-order valence-electron chi connectivity index (χ2n) is 5.89. The lowest BCUT2D eigenvalue weighted by Crippen LogP contribution is -1.89. The molecule has 0 aliphatic heterocycles. The first-order valence-electron chi connectivity index (χ1n) is 8.18. The number of nitrogens with zero attached hydrogens (tertiary/aromatic N) is 1. The highest BCUT2D eigenvalue weighted by Gasteiger charge is 2.09. The number of thiol groups is 1. The lowest BCUT2D eigenvalue weighted by molar-refractivity contribution is 0.614. The molecule has 0 atom stereocenters. The van der Waals surface area contributed by atoms with Crippen molar-refractivity contribution >= 4 is 45.0 Å². The molecule has 0 N–H and O–H groups in total. The van der Waals surface area contributed by atoms with Gasteiger partial charge < -0.3 is 0 Å². The molecule has 6 heteroatoms. The molecule has 3 nitrogen and oxygen atoms in total. The third-order valence-corrected chi connectivity index (χ3v) is 6.07. The SMILES string of the molecule is O=[SH](=O)c1ccc2nc(-c3cccc(Sc4ccccc4)c3)cc(Cl)c2c1. The van der Waals surface area contributed by atoms with Crippen LogP contribution in [0.15, 0.2) is 93.5 Å². The molecule has 0 fully saturated rings. The Morgan fingerprint density at radius 3 is 2.37 bits per heavy atom. The van der Waals surface area contributed by atoms with Gasteiger partial charge in [0.2, 0.25) is 0 Å². The van der Waals surface area contributed by atoms with Gasteiger partial charge in [0.25, 0.3) is 0 Å². The van der Waals surface area contributed by atoms with Crippen LogP contribution in [0.2, 0.25) is 5.02 Å². The molecule has 1 heterocycles. The maximum atomic E-state index is 11.2. The predicted molar refractivity (Wildman–Crippen MR) is 111 cm³/mol. The Morgan fingerprint density at radius 1 is 0.815 bits per heavy atom. The number of fused-ring (bicyclic) bond motifs is 1. The van der Waals surface area contributed by atoms with Crippen LogP contribution < -0.4 is 0 Å². The molecule has 0 aliphatic carbocycles. The summed E-state index contributed by atoms with van der Waals surface area (Å²) in [6.07, 6.45) is 0. The highest BCUT2D eigenvalue weighted by Crippen LogP contribution is 2.33. The number of aromatic nitrogens is 1. The van der Waals surface area contributed by atoms with Crippen LogP contribution in [0.25, 0.3) is 22.2 Å². The fourth-order valence-corrected chi connectivity index (χ4v) is 4.36. The molecule has 3 aromatic carbocycles. The van der Waals surface area contributed by atoms with Gasteiger partial charge in [-0.25, -0.2) is 13.4 Å². The van der Waals surface area contributed by atoms with E-state index >= 15 is 0 Å². The third-order valence-electron chi connectivity index (χ3n) is 4.06. The monoisotopic (exact) mass is 411 g/mol. The van der Waals surface area contributed by atoms with Gasteiger partial charge >= 0.3 is 0 Å². The number of halogens is 1. The molecule has 134 valence electrons. The van der Waals surface area contributed by atoms with E-state index in [2.05, 4.69) is 29.2 Å². The van der Waals surface area contributed by atoms with Gasteiger partial charge in [0.15, 0.2) is 10.7 Å². The van der Waals surface area contributed by atoms with E-state index in [0.717, 1.165) is 16.2 Å². The summed E-state index contributed by atoms with van der Waals surface area (Å²) in [5.41, 5.74) is 2.38. The van der Waals surface area contributed by atoms with Crippen molar-refractivity contribution in [2.75, 3.05) is 0 Å². The van der Waals surface area contributed by atoms with E-state index in [0.29, 0.717) is 15.9 Å². The molecule has 0 amide bonds.